The first-order chi connectivity index (χ1) is 15.7. The van der Waals surface area contributed by atoms with Crippen molar-refractivity contribution in [2.75, 3.05) is 0 Å². The third-order valence-corrected chi connectivity index (χ3v) is 7.77. The molecule has 0 bridgehead atoms. The maximum atomic E-state index is 14.2. The topological polar surface area (TPSA) is 54.1 Å². The van der Waals surface area contributed by atoms with E-state index < -0.39 is 24.1 Å². The Labute approximate surface area is 214 Å². The Morgan fingerprint density at radius 1 is 0.853 bits per heavy atom. The SMILES string of the molecule is Cn1cc2c(Cl)c(B3OC(C)(C)C(C)(C)O3)cc(F)c2n1.Cn1cc2c(Cl)c(Br)cc(F)c2n1. The average molecular weight is 574 g/mol. The number of nitrogens with zero attached hydrogens (tertiary/aromatic N) is 4. The molecule has 0 spiro atoms. The highest BCUT2D eigenvalue weighted by Gasteiger charge is 2.52. The first kappa shape index (κ1) is 25.4. The van der Waals surface area contributed by atoms with Crippen LogP contribution in [0.25, 0.3) is 21.8 Å². The Balaban J connectivity index is 0.000000180. The quantitative estimate of drug-likeness (QED) is 0.214. The molecule has 0 aliphatic carbocycles. The highest BCUT2D eigenvalue weighted by Crippen LogP contribution is 2.38. The summed E-state index contributed by atoms with van der Waals surface area (Å²) in [6, 6.07) is 2.66. The highest BCUT2D eigenvalue weighted by molar-refractivity contribution is 9.10. The predicted molar refractivity (Wildman–Crippen MR) is 135 cm³/mol. The van der Waals surface area contributed by atoms with Crippen LogP contribution in [0.4, 0.5) is 8.78 Å². The van der Waals surface area contributed by atoms with Crippen molar-refractivity contribution >= 4 is 73.5 Å². The van der Waals surface area contributed by atoms with E-state index in [1.807, 2.05) is 27.7 Å². The van der Waals surface area contributed by atoms with E-state index in [0.717, 1.165) is 0 Å². The van der Waals surface area contributed by atoms with Crippen molar-refractivity contribution in [3.8, 4) is 0 Å². The number of aryl methyl sites for hydroxylation is 2. The summed E-state index contributed by atoms with van der Waals surface area (Å²) in [5, 5.41) is 10.1. The van der Waals surface area contributed by atoms with Gasteiger partial charge in [0.1, 0.15) is 11.0 Å². The molecule has 5 rings (SSSR count). The van der Waals surface area contributed by atoms with Gasteiger partial charge in [0.05, 0.1) is 21.2 Å². The van der Waals surface area contributed by atoms with Gasteiger partial charge in [-0.15, -0.1) is 0 Å². The number of hydrogen-bond donors (Lipinski definition) is 0. The molecule has 2 aromatic heterocycles. The van der Waals surface area contributed by atoms with Gasteiger partial charge in [-0.2, -0.15) is 10.2 Å². The van der Waals surface area contributed by atoms with Crippen LogP contribution >= 0.6 is 39.1 Å². The third-order valence-electron chi connectivity index (χ3n) is 6.09. The highest BCUT2D eigenvalue weighted by atomic mass is 79.9. The predicted octanol–water partition coefficient (Wildman–Crippen LogP) is 5.79. The maximum Gasteiger partial charge on any atom is 0.496 e. The van der Waals surface area contributed by atoms with Crippen LogP contribution in [0.3, 0.4) is 0 Å². The van der Waals surface area contributed by atoms with Crippen LogP contribution in [0.5, 0.6) is 0 Å². The molecule has 34 heavy (non-hydrogen) atoms. The van der Waals surface area contributed by atoms with E-state index in [1.54, 1.807) is 26.5 Å². The summed E-state index contributed by atoms with van der Waals surface area (Å²) in [6.45, 7) is 7.78. The molecule has 0 atom stereocenters. The Morgan fingerprint density at radius 2 is 1.29 bits per heavy atom. The van der Waals surface area contributed by atoms with Crippen molar-refractivity contribution in [3.05, 3.63) is 50.7 Å². The van der Waals surface area contributed by atoms with Crippen LogP contribution in [0.15, 0.2) is 29.0 Å². The number of halogens is 5. The second kappa shape index (κ2) is 8.74. The van der Waals surface area contributed by atoms with Crippen LogP contribution in [-0.4, -0.2) is 37.9 Å². The normalized spacial score (nSPS) is 16.9. The maximum absolute atomic E-state index is 14.2. The van der Waals surface area contributed by atoms with Gasteiger partial charge < -0.3 is 9.31 Å². The number of rotatable bonds is 1. The van der Waals surface area contributed by atoms with Crippen LogP contribution in [0.1, 0.15) is 27.7 Å². The fraction of sp³-hybridized carbons (Fsp3) is 0.364. The zero-order valence-corrected chi connectivity index (χ0v) is 22.5. The van der Waals surface area contributed by atoms with E-state index in [-0.39, 0.29) is 11.3 Å². The van der Waals surface area contributed by atoms with Gasteiger partial charge in [0, 0.05) is 47.2 Å². The van der Waals surface area contributed by atoms with Crippen molar-refractivity contribution in [3.63, 3.8) is 0 Å². The Hall–Kier alpha value is -1.72. The molecule has 0 N–H and O–H groups in total. The van der Waals surface area contributed by atoms with E-state index in [1.165, 1.54) is 21.5 Å². The fourth-order valence-electron chi connectivity index (χ4n) is 3.59. The number of benzene rings is 2. The molecule has 1 fully saturated rings. The lowest BCUT2D eigenvalue weighted by Gasteiger charge is -2.32. The lowest BCUT2D eigenvalue weighted by Crippen LogP contribution is -2.41. The Bertz CT molecular complexity index is 1410. The van der Waals surface area contributed by atoms with Crippen LogP contribution in [0, 0.1) is 11.6 Å². The van der Waals surface area contributed by atoms with E-state index >= 15 is 0 Å². The van der Waals surface area contributed by atoms with E-state index in [9.17, 15) is 8.78 Å². The van der Waals surface area contributed by atoms with Crippen LogP contribution < -0.4 is 5.46 Å². The summed E-state index contributed by atoms with van der Waals surface area (Å²) in [5.41, 5.74) is 0.0507. The minimum absolute atomic E-state index is 0.253. The summed E-state index contributed by atoms with van der Waals surface area (Å²) >= 11 is 15.5. The second-order valence-corrected chi connectivity index (χ2v) is 10.7. The molecule has 1 saturated heterocycles. The lowest BCUT2D eigenvalue weighted by atomic mass is 9.78. The first-order valence-electron chi connectivity index (χ1n) is 10.4. The van der Waals surface area contributed by atoms with Gasteiger partial charge in [0.25, 0.3) is 0 Å². The monoisotopic (exact) mass is 572 g/mol. The summed E-state index contributed by atoms with van der Waals surface area (Å²) in [7, 11) is 2.76. The van der Waals surface area contributed by atoms with E-state index in [2.05, 4.69) is 26.1 Å². The minimum Gasteiger partial charge on any atom is -0.399 e. The van der Waals surface area contributed by atoms with Gasteiger partial charge >= 0.3 is 7.12 Å². The van der Waals surface area contributed by atoms with Gasteiger partial charge in [-0.3, -0.25) is 9.36 Å². The standard InChI is InChI=1S/C14H17BClFN2O2.C8H5BrClFN2/c1-13(2)14(3,4)21-15(20-13)9-6-10(17)12-8(11(9)16)7-19(5)18-12;1-13-3-4-7(10)5(9)2-6(11)8(4)12-13/h6-7H,1-5H3;2-3H,1H3. The summed E-state index contributed by atoms with van der Waals surface area (Å²) < 4.78 is 43.0. The molecule has 4 aromatic rings. The smallest absolute Gasteiger partial charge is 0.399 e. The molecule has 0 amide bonds. The van der Waals surface area contributed by atoms with Crippen molar-refractivity contribution in [2.24, 2.45) is 14.1 Å². The molecule has 0 unspecified atom stereocenters. The van der Waals surface area contributed by atoms with Crippen molar-refractivity contribution in [1.29, 1.82) is 0 Å². The average Bonchev–Trinajstić information content (AvgIpc) is 3.37. The first-order valence-corrected chi connectivity index (χ1v) is 11.9. The molecule has 180 valence electrons. The molecule has 12 heteroatoms. The van der Waals surface area contributed by atoms with Crippen LogP contribution in [-0.2, 0) is 23.4 Å². The molecule has 2 aromatic carbocycles. The van der Waals surface area contributed by atoms with Crippen LogP contribution in [0.2, 0.25) is 10.0 Å². The molecule has 1 aliphatic heterocycles. The largest absolute Gasteiger partial charge is 0.496 e. The zero-order chi connectivity index (χ0) is 25.2. The Morgan fingerprint density at radius 3 is 1.79 bits per heavy atom. The molecule has 0 radical (unpaired) electrons. The van der Waals surface area contributed by atoms with Crippen molar-refractivity contribution in [1.82, 2.24) is 19.6 Å². The summed E-state index contributed by atoms with van der Waals surface area (Å²) in [4.78, 5) is 0. The molecule has 6 nitrogen and oxygen atoms in total. The minimum atomic E-state index is -0.693. The molecular formula is C22H22BBrCl2F2N4O2. The summed E-state index contributed by atoms with van der Waals surface area (Å²) in [6.07, 6.45) is 3.38. The molecule has 1 aliphatic rings. The van der Waals surface area contributed by atoms with E-state index in [4.69, 9.17) is 32.5 Å². The summed E-state index contributed by atoms with van der Waals surface area (Å²) in [5.74, 6) is -0.799. The van der Waals surface area contributed by atoms with Crippen molar-refractivity contribution < 1.29 is 18.1 Å². The lowest BCUT2D eigenvalue weighted by molar-refractivity contribution is 0.00578. The van der Waals surface area contributed by atoms with Gasteiger partial charge in [-0.25, -0.2) is 8.78 Å². The van der Waals surface area contributed by atoms with Gasteiger partial charge in [-0.1, -0.05) is 23.2 Å². The fourth-order valence-corrected chi connectivity index (χ4v) is 4.48. The Kier molecular flexibility index (Phi) is 6.53. The number of fused-ring (bicyclic) bond motifs is 2. The number of aromatic nitrogens is 4. The van der Waals surface area contributed by atoms with Gasteiger partial charge in [-0.05, 0) is 55.8 Å². The molecule has 3 heterocycles. The van der Waals surface area contributed by atoms with E-state index in [0.29, 0.717) is 36.3 Å². The molecule has 0 saturated carbocycles. The third kappa shape index (κ3) is 4.35. The van der Waals surface area contributed by atoms with Crippen molar-refractivity contribution in [2.45, 2.75) is 38.9 Å². The van der Waals surface area contributed by atoms with Gasteiger partial charge in [0.2, 0.25) is 0 Å². The van der Waals surface area contributed by atoms with Gasteiger partial charge in [0.15, 0.2) is 11.6 Å². The number of hydrogen-bond acceptors (Lipinski definition) is 4. The second-order valence-electron chi connectivity index (χ2n) is 9.13. The molecular weight excluding hydrogens is 552 g/mol. The zero-order valence-electron chi connectivity index (χ0n) is 19.4.